The predicted octanol–water partition coefficient (Wildman–Crippen LogP) is 7.42. The SMILES string of the molecule is CC(C)(C)OC(=O)NN(C(=O)OC(C)(C)C)[C@@](C)(Cc1ccc(O)c(O)c1)C(=O)O.CC(C)(C)OC(=O)NN(C(=O)OC(C)(C)C)[C@@](C)(Cc1ccc2c(c1)OC(C)(C)O2)C(=O)O. The maximum Gasteiger partial charge on any atom is 0.430 e. The molecule has 2 aromatic rings. The van der Waals surface area contributed by atoms with Crippen LogP contribution in [-0.4, -0.2) is 106 Å². The molecular weight excluding hydrogens is 828 g/mol. The second kappa shape index (κ2) is 19.0. The molecule has 4 amide bonds. The molecule has 0 saturated carbocycles. The topological polar surface area (TPSA) is 269 Å². The minimum atomic E-state index is -2.03. The highest BCUT2D eigenvalue weighted by atomic mass is 16.7. The van der Waals surface area contributed by atoms with Gasteiger partial charge in [-0.15, -0.1) is 0 Å². The van der Waals surface area contributed by atoms with Gasteiger partial charge in [-0.3, -0.25) is 0 Å². The Labute approximate surface area is 367 Å². The van der Waals surface area contributed by atoms with E-state index in [2.05, 4.69) is 10.9 Å². The Bertz CT molecular complexity index is 2030. The van der Waals surface area contributed by atoms with Gasteiger partial charge < -0.3 is 48.8 Å². The normalized spacial score (nSPS) is 15.1. The third-order valence-electron chi connectivity index (χ3n) is 8.12. The summed E-state index contributed by atoms with van der Waals surface area (Å²) in [6.07, 6.45) is -4.69. The molecule has 0 unspecified atom stereocenters. The van der Waals surface area contributed by atoms with Crippen LogP contribution in [0.3, 0.4) is 0 Å². The second-order valence-corrected chi connectivity index (χ2v) is 19.6. The van der Waals surface area contributed by atoms with Crippen molar-refractivity contribution in [2.45, 2.75) is 163 Å². The lowest BCUT2D eigenvalue weighted by Gasteiger charge is -2.38. The zero-order valence-electron chi connectivity index (χ0n) is 39.0. The number of phenols is 2. The van der Waals surface area contributed by atoms with Gasteiger partial charge >= 0.3 is 36.3 Å². The number of aliphatic carboxylic acids is 2. The molecule has 6 N–H and O–H groups in total. The van der Waals surface area contributed by atoms with Crippen LogP contribution in [0.15, 0.2) is 36.4 Å². The number of carbonyl (C=O) groups is 6. The maximum atomic E-state index is 13.0. The lowest BCUT2D eigenvalue weighted by Crippen LogP contribution is -2.64. The summed E-state index contributed by atoms with van der Waals surface area (Å²) in [6.45, 7) is 25.5. The summed E-state index contributed by atoms with van der Waals surface area (Å²) in [5, 5.41) is 40.5. The number of carbonyl (C=O) groups excluding carboxylic acids is 4. The number of benzene rings is 2. The summed E-state index contributed by atoms with van der Waals surface area (Å²) in [7, 11) is 0. The molecule has 20 heteroatoms. The largest absolute Gasteiger partial charge is 0.504 e. The number of fused-ring (bicyclic) bond motifs is 1. The zero-order valence-corrected chi connectivity index (χ0v) is 39.0. The van der Waals surface area contributed by atoms with Crippen molar-refractivity contribution in [1.82, 2.24) is 20.9 Å². The van der Waals surface area contributed by atoms with E-state index in [1.165, 1.54) is 26.0 Å². The molecule has 352 valence electrons. The molecule has 0 bridgehead atoms. The molecule has 1 aliphatic rings. The van der Waals surface area contributed by atoms with Gasteiger partial charge in [0, 0.05) is 26.7 Å². The number of carboxylic acid groups (broad SMARTS) is 2. The van der Waals surface area contributed by atoms with Crippen molar-refractivity contribution in [3.8, 4) is 23.0 Å². The zero-order chi connectivity index (χ0) is 48.9. The quantitative estimate of drug-likeness (QED) is 0.0855. The summed E-state index contributed by atoms with van der Waals surface area (Å²) in [5.74, 6) is -3.52. The first-order valence-corrected chi connectivity index (χ1v) is 19.8. The number of carboxylic acids is 2. The fourth-order valence-corrected chi connectivity index (χ4v) is 5.49. The molecule has 0 fully saturated rings. The van der Waals surface area contributed by atoms with Crippen LogP contribution in [-0.2, 0) is 41.4 Å². The molecule has 0 aromatic heterocycles. The van der Waals surface area contributed by atoms with E-state index in [1.54, 1.807) is 115 Å². The van der Waals surface area contributed by atoms with E-state index in [0.29, 0.717) is 27.1 Å². The number of hydrogen-bond donors (Lipinski definition) is 6. The summed E-state index contributed by atoms with van der Waals surface area (Å²) < 4.78 is 32.4. The molecule has 2 atom stereocenters. The molecule has 2 aromatic carbocycles. The van der Waals surface area contributed by atoms with Crippen molar-refractivity contribution in [2.75, 3.05) is 0 Å². The molecule has 63 heavy (non-hydrogen) atoms. The average molecular weight is 893 g/mol. The number of aromatic hydroxyl groups is 2. The molecule has 0 radical (unpaired) electrons. The first-order valence-electron chi connectivity index (χ1n) is 19.8. The Morgan fingerprint density at radius 3 is 1.24 bits per heavy atom. The highest BCUT2D eigenvalue weighted by molar-refractivity contribution is 5.87. The summed E-state index contributed by atoms with van der Waals surface area (Å²) >= 11 is 0. The highest BCUT2D eigenvalue weighted by Gasteiger charge is 2.48. The first kappa shape index (κ1) is 52.8. The van der Waals surface area contributed by atoms with Crippen LogP contribution in [0.1, 0.15) is 122 Å². The van der Waals surface area contributed by atoms with Gasteiger partial charge in [0.2, 0.25) is 5.79 Å². The second-order valence-electron chi connectivity index (χ2n) is 19.6. The van der Waals surface area contributed by atoms with Crippen LogP contribution in [0.25, 0.3) is 0 Å². The Kier molecular flexibility index (Phi) is 15.9. The first-order chi connectivity index (χ1) is 28.3. The maximum absolute atomic E-state index is 13.0. The van der Waals surface area contributed by atoms with E-state index < -0.39 is 81.3 Å². The van der Waals surface area contributed by atoms with E-state index in [0.717, 1.165) is 6.07 Å². The van der Waals surface area contributed by atoms with Crippen molar-refractivity contribution in [1.29, 1.82) is 0 Å². The van der Waals surface area contributed by atoms with Gasteiger partial charge in [0.25, 0.3) is 0 Å². The van der Waals surface area contributed by atoms with Gasteiger partial charge in [0.1, 0.15) is 22.4 Å². The fraction of sp³-hybridized carbons (Fsp3) is 0.581. The van der Waals surface area contributed by atoms with Crippen molar-refractivity contribution in [3.63, 3.8) is 0 Å². The number of rotatable bonds is 8. The van der Waals surface area contributed by atoms with Crippen LogP contribution >= 0.6 is 0 Å². The Balaban J connectivity index is 0.000000436. The summed E-state index contributed by atoms with van der Waals surface area (Å²) in [4.78, 5) is 75.2. The molecule has 1 aliphatic heterocycles. The number of hydrazine groups is 2. The van der Waals surface area contributed by atoms with Gasteiger partial charge in [0.15, 0.2) is 34.1 Å². The number of nitrogens with one attached hydrogen (secondary N) is 2. The predicted molar refractivity (Wildman–Crippen MR) is 226 cm³/mol. The van der Waals surface area contributed by atoms with E-state index in [4.69, 9.17) is 28.4 Å². The van der Waals surface area contributed by atoms with E-state index >= 15 is 0 Å². The Hall–Kier alpha value is -6.34. The van der Waals surface area contributed by atoms with Crippen molar-refractivity contribution < 1.29 is 77.6 Å². The van der Waals surface area contributed by atoms with Crippen LogP contribution in [0.2, 0.25) is 0 Å². The molecule has 1 heterocycles. The van der Waals surface area contributed by atoms with Gasteiger partial charge in [-0.1, -0.05) is 12.1 Å². The van der Waals surface area contributed by atoms with Crippen molar-refractivity contribution in [3.05, 3.63) is 47.5 Å². The highest BCUT2D eigenvalue weighted by Crippen LogP contribution is 2.40. The third kappa shape index (κ3) is 16.1. The van der Waals surface area contributed by atoms with Crippen LogP contribution in [0.5, 0.6) is 23.0 Å². The Morgan fingerprint density at radius 2 is 0.889 bits per heavy atom. The third-order valence-corrected chi connectivity index (χ3v) is 8.12. The van der Waals surface area contributed by atoms with Gasteiger partial charge in [-0.25, -0.2) is 39.6 Å². The number of phenolic OH excluding ortho intramolecular Hbond substituents is 2. The lowest BCUT2D eigenvalue weighted by atomic mass is 9.92. The van der Waals surface area contributed by atoms with Crippen molar-refractivity contribution in [2.24, 2.45) is 0 Å². The van der Waals surface area contributed by atoms with E-state index in [9.17, 15) is 49.2 Å². The summed E-state index contributed by atoms with van der Waals surface area (Å²) in [5.41, 5.74) is -2.36. The van der Waals surface area contributed by atoms with Gasteiger partial charge in [-0.2, -0.15) is 10.0 Å². The van der Waals surface area contributed by atoms with E-state index in [1.807, 2.05) is 0 Å². The smallest absolute Gasteiger partial charge is 0.430 e. The molecule has 20 nitrogen and oxygen atoms in total. The van der Waals surface area contributed by atoms with Crippen LogP contribution in [0.4, 0.5) is 19.2 Å². The number of nitrogens with zero attached hydrogens (tertiary/aromatic N) is 2. The Morgan fingerprint density at radius 1 is 0.540 bits per heavy atom. The van der Waals surface area contributed by atoms with Crippen LogP contribution in [0, 0.1) is 0 Å². The van der Waals surface area contributed by atoms with Gasteiger partial charge in [-0.05, 0) is 132 Å². The molecule has 0 saturated heterocycles. The van der Waals surface area contributed by atoms with Crippen molar-refractivity contribution >= 4 is 36.3 Å². The number of hydrogen-bond acceptors (Lipinski definition) is 14. The molecule has 3 rings (SSSR count). The fourth-order valence-electron chi connectivity index (χ4n) is 5.49. The lowest BCUT2D eigenvalue weighted by molar-refractivity contribution is -0.152. The average Bonchev–Trinajstić information content (AvgIpc) is 3.37. The summed E-state index contributed by atoms with van der Waals surface area (Å²) in [6, 6.07) is 8.72. The van der Waals surface area contributed by atoms with E-state index in [-0.39, 0.29) is 24.2 Å². The number of ether oxygens (including phenoxy) is 6. The standard InChI is InChI=1S/C23H34N2O8.C20H30N2O8/c1-20(2,3)32-18(28)24-25(19(29)33-21(4,5)6)23(9,17(26)27)13-14-10-11-15-16(12-14)31-22(7,8)30-15;1-18(2,3)29-16(27)21-22(17(28)30-19(4,5)6)20(7,15(25)26)11-12-8-9-13(23)14(24)10-12/h10-12H,13H2,1-9H3,(H,24,28)(H,26,27);8-10,23-24H,11H2,1-7H3,(H,21,27)(H,25,26)/t23-;20-/m00/s1. The minimum absolute atomic E-state index is 0.172. The number of amides is 4. The monoisotopic (exact) mass is 892 g/mol. The van der Waals surface area contributed by atoms with Gasteiger partial charge in [0.05, 0.1) is 0 Å². The molecular formula is C43H64N4O16. The molecule has 0 spiro atoms. The molecule has 0 aliphatic carbocycles. The van der Waals surface area contributed by atoms with Crippen LogP contribution < -0.4 is 20.3 Å². The minimum Gasteiger partial charge on any atom is -0.504 e.